The molecular weight excluding hydrogens is 346 g/mol. The fraction of sp³-hybridized carbons (Fsp3) is 0.353. The van der Waals surface area contributed by atoms with Gasteiger partial charge in [0.1, 0.15) is 0 Å². The number of carbonyl (C=O) groups excluding carboxylic acids is 1. The van der Waals surface area contributed by atoms with Crippen LogP contribution in [-0.2, 0) is 11.2 Å². The van der Waals surface area contributed by atoms with Gasteiger partial charge in [0.25, 0.3) is 5.56 Å². The number of nitrogens with one attached hydrogen (secondary N) is 1. The van der Waals surface area contributed by atoms with Gasteiger partial charge in [-0.3, -0.25) is 14.2 Å². The lowest BCUT2D eigenvalue weighted by Gasteiger charge is -2.14. The Kier molecular flexibility index (Phi) is 4.96. The molecule has 1 atom stereocenters. The average molecular weight is 364 g/mol. The Morgan fingerprint density at radius 2 is 2.25 bits per heavy atom. The number of carbonyl (C=O) groups is 1. The number of benzene rings is 1. The molecule has 0 spiro atoms. The summed E-state index contributed by atoms with van der Waals surface area (Å²) in [4.78, 5) is 29.2. The Hall–Kier alpha value is -1.79. The third kappa shape index (κ3) is 3.49. The number of halogens is 1. The lowest BCUT2D eigenvalue weighted by Crippen LogP contribution is -2.27. The van der Waals surface area contributed by atoms with Crippen molar-refractivity contribution < 1.29 is 4.79 Å². The number of nitrogens with zero attached hydrogens (tertiary/aromatic N) is 2. The number of hydrogen-bond donors (Lipinski definition) is 1. The third-order valence-corrected chi connectivity index (χ3v) is 5.33. The minimum atomic E-state index is -0.171. The second kappa shape index (κ2) is 6.99. The molecule has 1 aromatic heterocycles. The Morgan fingerprint density at radius 1 is 1.46 bits per heavy atom. The number of hydrogen-bond acceptors (Lipinski definition) is 4. The molecule has 1 aromatic carbocycles. The van der Waals surface area contributed by atoms with Crippen molar-refractivity contribution in [1.29, 1.82) is 0 Å². The highest BCUT2D eigenvalue weighted by Gasteiger charge is 2.27. The Bertz CT molecular complexity index is 850. The number of fused-ring (bicyclic) bond motifs is 1. The predicted octanol–water partition coefficient (Wildman–Crippen LogP) is 3.44. The molecule has 2 aromatic rings. The summed E-state index contributed by atoms with van der Waals surface area (Å²) in [6.07, 6.45) is 0.960. The van der Waals surface area contributed by atoms with E-state index in [2.05, 4.69) is 10.3 Å². The summed E-state index contributed by atoms with van der Waals surface area (Å²) in [5, 5.41) is 4.16. The zero-order valence-electron chi connectivity index (χ0n) is 13.5. The fourth-order valence-corrected chi connectivity index (χ4v) is 4.01. The SMILES string of the molecule is CCc1cc(=O)n2c(n1)SCC2CC(=O)Nc1cc(Cl)ccc1C. The van der Waals surface area contributed by atoms with Crippen LogP contribution in [0.4, 0.5) is 5.69 Å². The van der Waals surface area contributed by atoms with E-state index < -0.39 is 0 Å². The van der Waals surface area contributed by atoms with Gasteiger partial charge in [-0.15, -0.1) is 0 Å². The summed E-state index contributed by atoms with van der Waals surface area (Å²) in [5.41, 5.74) is 2.35. The van der Waals surface area contributed by atoms with Gasteiger partial charge in [0, 0.05) is 34.6 Å². The molecular formula is C17H18ClN3O2S. The summed E-state index contributed by atoms with van der Waals surface area (Å²) in [6.45, 7) is 3.88. The van der Waals surface area contributed by atoms with E-state index in [1.807, 2.05) is 19.9 Å². The number of aromatic nitrogens is 2. The van der Waals surface area contributed by atoms with Crippen LogP contribution in [-0.4, -0.2) is 21.2 Å². The average Bonchev–Trinajstić information content (AvgIpc) is 2.94. The van der Waals surface area contributed by atoms with E-state index in [1.165, 1.54) is 11.8 Å². The van der Waals surface area contributed by atoms with Gasteiger partial charge in [-0.25, -0.2) is 4.98 Å². The van der Waals surface area contributed by atoms with E-state index >= 15 is 0 Å². The molecule has 0 radical (unpaired) electrons. The predicted molar refractivity (Wildman–Crippen MR) is 97.1 cm³/mol. The minimum absolute atomic E-state index is 0.0846. The molecule has 1 amide bonds. The Labute approximate surface area is 149 Å². The minimum Gasteiger partial charge on any atom is -0.326 e. The molecule has 24 heavy (non-hydrogen) atoms. The largest absolute Gasteiger partial charge is 0.326 e. The molecule has 1 aliphatic heterocycles. The van der Waals surface area contributed by atoms with Gasteiger partial charge in [-0.05, 0) is 31.0 Å². The van der Waals surface area contributed by atoms with Gasteiger partial charge in [0.2, 0.25) is 5.91 Å². The number of amides is 1. The van der Waals surface area contributed by atoms with E-state index in [4.69, 9.17) is 11.6 Å². The van der Waals surface area contributed by atoms with Crippen molar-refractivity contribution in [2.75, 3.05) is 11.1 Å². The third-order valence-electron chi connectivity index (χ3n) is 4.00. The van der Waals surface area contributed by atoms with Crippen LogP contribution in [0.5, 0.6) is 0 Å². The highest BCUT2D eigenvalue weighted by molar-refractivity contribution is 7.99. The monoisotopic (exact) mass is 363 g/mol. The molecule has 0 fully saturated rings. The first-order valence-corrected chi connectivity index (χ1v) is 9.15. The zero-order chi connectivity index (χ0) is 17.3. The molecule has 0 saturated carbocycles. The van der Waals surface area contributed by atoms with Crippen LogP contribution < -0.4 is 10.9 Å². The molecule has 3 rings (SSSR count). The van der Waals surface area contributed by atoms with Crippen LogP contribution >= 0.6 is 23.4 Å². The molecule has 2 heterocycles. The second-order valence-electron chi connectivity index (χ2n) is 5.77. The molecule has 1 N–H and O–H groups in total. The van der Waals surface area contributed by atoms with Gasteiger partial charge < -0.3 is 5.32 Å². The summed E-state index contributed by atoms with van der Waals surface area (Å²) in [7, 11) is 0. The maximum atomic E-state index is 12.4. The van der Waals surface area contributed by atoms with Crippen LogP contribution in [0.1, 0.15) is 30.6 Å². The van der Waals surface area contributed by atoms with E-state index in [0.717, 1.165) is 17.7 Å². The number of aryl methyl sites for hydroxylation is 2. The molecule has 126 valence electrons. The van der Waals surface area contributed by atoms with E-state index in [0.29, 0.717) is 21.6 Å². The van der Waals surface area contributed by atoms with Crippen LogP contribution in [0.25, 0.3) is 0 Å². The first-order chi connectivity index (χ1) is 11.5. The molecule has 7 heteroatoms. The lowest BCUT2D eigenvalue weighted by molar-refractivity contribution is -0.116. The lowest BCUT2D eigenvalue weighted by atomic mass is 10.1. The molecule has 0 saturated heterocycles. The van der Waals surface area contributed by atoms with Crippen molar-refractivity contribution in [1.82, 2.24) is 9.55 Å². The molecule has 0 bridgehead atoms. The number of rotatable bonds is 4. The number of thioether (sulfide) groups is 1. The molecule has 1 aliphatic rings. The summed E-state index contributed by atoms with van der Waals surface area (Å²) < 4.78 is 1.63. The molecule has 1 unspecified atom stereocenters. The van der Waals surface area contributed by atoms with Crippen LogP contribution in [0.3, 0.4) is 0 Å². The van der Waals surface area contributed by atoms with Crippen LogP contribution in [0.15, 0.2) is 34.2 Å². The Balaban J connectivity index is 1.76. The van der Waals surface area contributed by atoms with Crippen molar-refractivity contribution in [3.8, 4) is 0 Å². The standard InChI is InChI=1S/C17H18ClN3O2S/c1-3-12-7-16(23)21-13(9-24-17(21)19-12)8-15(22)20-14-6-11(18)5-4-10(14)2/h4-7,13H,3,8-9H2,1-2H3,(H,20,22). The first-order valence-electron chi connectivity index (χ1n) is 7.79. The highest BCUT2D eigenvalue weighted by Crippen LogP contribution is 2.32. The Morgan fingerprint density at radius 3 is 3.00 bits per heavy atom. The quantitative estimate of drug-likeness (QED) is 0.845. The summed E-state index contributed by atoms with van der Waals surface area (Å²) >= 11 is 7.50. The second-order valence-corrected chi connectivity index (χ2v) is 7.19. The normalized spacial score (nSPS) is 16.0. The maximum Gasteiger partial charge on any atom is 0.254 e. The van der Waals surface area contributed by atoms with Gasteiger partial charge in [-0.1, -0.05) is 36.4 Å². The van der Waals surface area contributed by atoms with Crippen molar-refractivity contribution in [3.05, 3.63) is 50.9 Å². The summed E-state index contributed by atoms with van der Waals surface area (Å²) in [5.74, 6) is 0.544. The van der Waals surface area contributed by atoms with Gasteiger partial charge >= 0.3 is 0 Å². The summed E-state index contributed by atoms with van der Waals surface area (Å²) in [6, 6.07) is 6.76. The molecule has 5 nitrogen and oxygen atoms in total. The van der Waals surface area contributed by atoms with Crippen LogP contribution in [0.2, 0.25) is 5.02 Å². The fourth-order valence-electron chi connectivity index (χ4n) is 2.67. The van der Waals surface area contributed by atoms with Gasteiger partial charge in [0.15, 0.2) is 5.16 Å². The van der Waals surface area contributed by atoms with Crippen molar-refractivity contribution in [3.63, 3.8) is 0 Å². The first kappa shape index (κ1) is 17.0. The smallest absolute Gasteiger partial charge is 0.254 e. The van der Waals surface area contributed by atoms with E-state index in [9.17, 15) is 9.59 Å². The highest BCUT2D eigenvalue weighted by atomic mass is 35.5. The van der Waals surface area contributed by atoms with Crippen molar-refractivity contribution >= 4 is 35.0 Å². The van der Waals surface area contributed by atoms with Crippen molar-refractivity contribution in [2.24, 2.45) is 0 Å². The van der Waals surface area contributed by atoms with Gasteiger partial charge in [0.05, 0.1) is 6.04 Å². The van der Waals surface area contributed by atoms with Crippen molar-refractivity contribution in [2.45, 2.75) is 37.9 Å². The van der Waals surface area contributed by atoms with E-state index in [-0.39, 0.29) is 23.9 Å². The van der Waals surface area contributed by atoms with E-state index in [1.54, 1.807) is 22.8 Å². The zero-order valence-corrected chi connectivity index (χ0v) is 15.1. The number of anilines is 1. The van der Waals surface area contributed by atoms with Crippen LogP contribution in [0, 0.1) is 6.92 Å². The topological polar surface area (TPSA) is 64.0 Å². The maximum absolute atomic E-state index is 12.4. The molecule has 0 aliphatic carbocycles. The van der Waals surface area contributed by atoms with Gasteiger partial charge in [-0.2, -0.15) is 0 Å².